The van der Waals surface area contributed by atoms with Crippen molar-refractivity contribution in [3.8, 4) is 11.5 Å². The molecule has 0 aliphatic carbocycles. The van der Waals surface area contributed by atoms with Gasteiger partial charge < -0.3 is 10.2 Å². The van der Waals surface area contributed by atoms with Crippen LogP contribution in [0.2, 0.25) is 0 Å². The largest absolute Gasteiger partial charge is 0.507 e. The van der Waals surface area contributed by atoms with Gasteiger partial charge in [-0.05, 0) is 25.5 Å². The van der Waals surface area contributed by atoms with Crippen LogP contribution in [-0.2, 0) is 9.59 Å². The Morgan fingerprint density at radius 1 is 1.32 bits per heavy atom. The fraction of sp³-hybridized carbons (Fsp3) is 0.385. The quantitative estimate of drug-likeness (QED) is 0.598. The molecule has 1 aromatic rings. The van der Waals surface area contributed by atoms with Crippen LogP contribution in [0.25, 0.3) is 0 Å². The highest BCUT2D eigenvalue weighted by atomic mass is 16.3. The molecule has 1 fully saturated rings. The van der Waals surface area contributed by atoms with Crippen molar-refractivity contribution in [2.24, 2.45) is 0 Å². The molecular formula is C13H16N2O4. The van der Waals surface area contributed by atoms with E-state index < -0.39 is 12.1 Å². The second kappa shape index (κ2) is 5.27. The molecule has 0 saturated carbocycles. The number of benzene rings is 1. The lowest BCUT2D eigenvalue weighted by Gasteiger charge is -2.26. The van der Waals surface area contributed by atoms with Gasteiger partial charge in [0.05, 0.1) is 11.6 Å². The number of carbonyl (C=O) groups is 2. The van der Waals surface area contributed by atoms with E-state index in [4.69, 9.17) is 0 Å². The summed E-state index contributed by atoms with van der Waals surface area (Å²) in [6.45, 7) is 1.73. The summed E-state index contributed by atoms with van der Waals surface area (Å²) in [6.07, 6.45) is 0.687. The molecule has 0 aromatic heterocycles. The van der Waals surface area contributed by atoms with Crippen molar-refractivity contribution < 1.29 is 19.8 Å². The Kier molecular flexibility index (Phi) is 3.71. The molecular weight excluding hydrogens is 248 g/mol. The zero-order valence-electron chi connectivity index (χ0n) is 10.5. The SMILES string of the molecule is CC(NC1CCC(=O)NC1=O)c1c(O)cccc1O. The van der Waals surface area contributed by atoms with E-state index in [0.717, 1.165) is 0 Å². The van der Waals surface area contributed by atoms with E-state index in [1.165, 1.54) is 18.2 Å². The first-order valence-corrected chi connectivity index (χ1v) is 6.09. The predicted octanol–water partition coefficient (Wildman–Crippen LogP) is 0.554. The minimum atomic E-state index is -0.508. The topological polar surface area (TPSA) is 98.7 Å². The first-order valence-electron chi connectivity index (χ1n) is 6.09. The highest BCUT2D eigenvalue weighted by molar-refractivity contribution is 6.00. The van der Waals surface area contributed by atoms with Crippen LogP contribution in [0, 0.1) is 0 Å². The number of rotatable bonds is 3. The van der Waals surface area contributed by atoms with Crippen LogP contribution in [0.3, 0.4) is 0 Å². The molecule has 1 aromatic carbocycles. The third kappa shape index (κ3) is 2.85. The Hall–Kier alpha value is -2.08. The fourth-order valence-corrected chi connectivity index (χ4v) is 2.22. The highest BCUT2D eigenvalue weighted by Gasteiger charge is 2.28. The Labute approximate surface area is 110 Å². The average Bonchev–Trinajstić information content (AvgIpc) is 2.32. The van der Waals surface area contributed by atoms with Gasteiger partial charge in [0.1, 0.15) is 11.5 Å². The van der Waals surface area contributed by atoms with Gasteiger partial charge in [0.2, 0.25) is 11.8 Å². The van der Waals surface area contributed by atoms with E-state index in [1.54, 1.807) is 6.92 Å². The van der Waals surface area contributed by atoms with Crippen molar-refractivity contribution in [3.05, 3.63) is 23.8 Å². The summed E-state index contributed by atoms with van der Waals surface area (Å²) in [5.74, 6) is -0.723. The minimum absolute atomic E-state index is 0.0349. The maximum absolute atomic E-state index is 11.6. The van der Waals surface area contributed by atoms with Crippen LogP contribution in [0.1, 0.15) is 31.4 Å². The Bertz CT molecular complexity index is 495. The summed E-state index contributed by atoms with van der Waals surface area (Å²) in [7, 11) is 0. The normalized spacial score (nSPS) is 21.0. The molecule has 0 bridgehead atoms. The molecule has 19 heavy (non-hydrogen) atoms. The third-order valence-electron chi connectivity index (χ3n) is 3.18. The van der Waals surface area contributed by atoms with Gasteiger partial charge in [-0.2, -0.15) is 0 Å². The summed E-state index contributed by atoms with van der Waals surface area (Å²) >= 11 is 0. The predicted molar refractivity (Wildman–Crippen MR) is 67.5 cm³/mol. The number of phenolic OH excluding ortho intramolecular Hbond substituents is 2. The van der Waals surface area contributed by atoms with E-state index >= 15 is 0 Å². The lowest BCUT2D eigenvalue weighted by Crippen LogP contribution is -2.51. The molecule has 102 valence electrons. The number of carbonyl (C=O) groups excluding carboxylic acids is 2. The average molecular weight is 264 g/mol. The van der Waals surface area contributed by atoms with Crippen molar-refractivity contribution in [1.29, 1.82) is 0 Å². The number of aromatic hydroxyl groups is 2. The van der Waals surface area contributed by atoms with Crippen molar-refractivity contribution in [2.75, 3.05) is 0 Å². The van der Waals surface area contributed by atoms with Crippen LogP contribution < -0.4 is 10.6 Å². The standard InChI is InChI=1S/C13H16N2O4/c1-7(12-9(16)3-2-4-10(12)17)14-8-5-6-11(18)15-13(8)19/h2-4,7-8,14,16-17H,5-6H2,1H3,(H,15,18,19). The van der Waals surface area contributed by atoms with Crippen molar-refractivity contribution in [1.82, 2.24) is 10.6 Å². The van der Waals surface area contributed by atoms with Crippen molar-refractivity contribution >= 4 is 11.8 Å². The lowest BCUT2D eigenvalue weighted by molar-refractivity contribution is -0.134. The number of phenols is 2. The second-order valence-corrected chi connectivity index (χ2v) is 4.60. The molecule has 0 radical (unpaired) electrons. The highest BCUT2D eigenvalue weighted by Crippen LogP contribution is 2.32. The number of hydrogen-bond donors (Lipinski definition) is 4. The van der Waals surface area contributed by atoms with Crippen LogP contribution in [0.4, 0.5) is 0 Å². The molecule has 6 nitrogen and oxygen atoms in total. The van der Waals surface area contributed by atoms with E-state index in [0.29, 0.717) is 12.0 Å². The van der Waals surface area contributed by atoms with Crippen LogP contribution in [-0.4, -0.2) is 28.1 Å². The monoisotopic (exact) mass is 264 g/mol. The Morgan fingerprint density at radius 2 is 1.95 bits per heavy atom. The van der Waals surface area contributed by atoms with Gasteiger partial charge in [-0.1, -0.05) is 6.07 Å². The van der Waals surface area contributed by atoms with Crippen molar-refractivity contribution in [3.63, 3.8) is 0 Å². The summed E-state index contributed by atoms with van der Waals surface area (Å²) in [5, 5.41) is 24.7. The first kappa shape index (κ1) is 13.4. The molecule has 1 aliphatic heterocycles. The Morgan fingerprint density at radius 3 is 2.53 bits per heavy atom. The molecule has 2 unspecified atom stereocenters. The van der Waals surface area contributed by atoms with Gasteiger partial charge in [-0.25, -0.2) is 0 Å². The summed E-state index contributed by atoms with van der Waals surface area (Å²) < 4.78 is 0. The number of amides is 2. The molecule has 1 aliphatic rings. The van der Waals surface area contributed by atoms with Crippen LogP contribution in [0.5, 0.6) is 11.5 Å². The number of nitrogens with one attached hydrogen (secondary N) is 2. The molecule has 6 heteroatoms. The summed E-state index contributed by atoms with van der Waals surface area (Å²) in [5.41, 5.74) is 0.340. The number of hydrogen-bond acceptors (Lipinski definition) is 5. The molecule has 2 amide bonds. The summed E-state index contributed by atoms with van der Waals surface area (Å²) in [4.78, 5) is 22.7. The van der Waals surface area contributed by atoms with Crippen LogP contribution >= 0.6 is 0 Å². The fourth-order valence-electron chi connectivity index (χ4n) is 2.22. The second-order valence-electron chi connectivity index (χ2n) is 4.60. The zero-order valence-corrected chi connectivity index (χ0v) is 10.5. The Balaban J connectivity index is 2.11. The van der Waals surface area contributed by atoms with Crippen molar-refractivity contribution in [2.45, 2.75) is 31.8 Å². The summed E-state index contributed by atoms with van der Waals surface area (Å²) in [6, 6.07) is 3.55. The van der Waals surface area contributed by atoms with Gasteiger partial charge in [-0.3, -0.25) is 20.2 Å². The maximum Gasteiger partial charge on any atom is 0.243 e. The third-order valence-corrected chi connectivity index (χ3v) is 3.18. The first-order chi connectivity index (χ1) is 8.99. The number of piperidine rings is 1. The lowest BCUT2D eigenvalue weighted by atomic mass is 10.0. The molecule has 2 atom stereocenters. The van der Waals surface area contributed by atoms with E-state index in [9.17, 15) is 19.8 Å². The van der Waals surface area contributed by atoms with Gasteiger partial charge >= 0.3 is 0 Å². The van der Waals surface area contributed by atoms with Gasteiger partial charge in [0.25, 0.3) is 0 Å². The minimum Gasteiger partial charge on any atom is -0.507 e. The van der Waals surface area contributed by atoms with E-state index in [2.05, 4.69) is 10.6 Å². The molecule has 0 spiro atoms. The van der Waals surface area contributed by atoms with E-state index in [1.807, 2.05) is 0 Å². The molecule has 2 rings (SSSR count). The molecule has 4 N–H and O–H groups in total. The van der Waals surface area contributed by atoms with E-state index in [-0.39, 0.29) is 29.7 Å². The molecule has 1 saturated heterocycles. The zero-order chi connectivity index (χ0) is 14.0. The van der Waals surface area contributed by atoms with Gasteiger partial charge in [0.15, 0.2) is 0 Å². The smallest absolute Gasteiger partial charge is 0.243 e. The maximum atomic E-state index is 11.6. The van der Waals surface area contributed by atoms with Gasteiger partial charge in [-0.15, -0.1) is 0 Å². The number of imide groups is 1. The molecule has 1 heterocycles. The van der Waals surface area contributed by atoms with Crippen LogP contribution in [0.15, 0.2) is 18.2 Å². The van der Waals surface area contributed by atoms with Gasteiger partial charge in [0, 0.05) is 12.5 Å².